The van der Waals surface area contributed by atoms with Gasteiger partial charge in [-0.15, -0.1) is 0 Å². The number of amides is 1. The highest BCUT2D eigenvalue weighted by atomic mass is 35.5. The molecule has 2 aromatic rings. The summed E-state index contributed by atoms with van der Waals surface area (Å²) in [6, 6.07) is 16.7. The van der Waals surface area contributed by atoms with Crippen molar-refractivity contribution >= 4 is 34.7 Å². The number of para-hydroxylation sites is 2. The van der Waals surface area contributed by atoms with E-state index in [0.717, 1.165) is 5.69 Å². The number of carbonyl (C=O) groups is 1. The first kappa shape index (κ1) is 12.7. The van der Waals surface area contributed by atoms with Gasteiger partial charge in [-0.2, -0.15) is 0 Å². The van der Waals surface area contributed by atoms with E-state index in [9.17, 15) is 4.79 Å². The number of rotatable bonds is 2. The highest BCUT2D eigenvalue weighted by Gasteiger charge is 2.26. The van der Waals surface area contributed by atoms with E-state index in [4.69, 9.17) is 11.6 Å². The van der Waals surface area contributed by atoms with Crippen molar-refractivity contribution in [3.63, 3.8) is 0 Å². The molecule has 4 nitrogen and oxygen atoms in total. The fourth-order valence-corrected chi connectivity index (χ4v) is 2.17. The zero-order chi connectivity index (χ0) is 13.9. The molecule has 0 radical (unpaired) electrons. The molecule has 2 aromatic carbocycles. The normalized spacial score (nSPS) is 16.6. The molecule has 0 saturated carbocycles. The van der Waals surface area contributed by atoms with Crippen LogP contribution in [0, 0.1) is 0 Å². The van der Waals surface area contributed by atoms with Crippen LogP contribution in [0.15, 0.2) is 59.6 Å². The highest BCUT2D eigenvalue weighted by Crippen LogP contribution is 2.25. The van der Waals surface area contributed by atoms with Gasteiger partial charge in [-0.05, 0) is 24.3 Å². The van der Waals surface area contributed by atoms with Crippen LogP contribution in [0.1, 0.15) is 6.42 Å². The number of hydrogen-bond donors (Lipinski definition) is 1. The average Bonchev–Trinajstić information content (AvgIpc) is 2.83. The predicted octanol–water partition coefficient (Wildman–Crippen LogP) is 3.31. The Labute approximate surface area is 121 Å². The first-order valence-corrected chi connectivity index (χ1v) is 6.58. The Kier molecular flexibility index (Phi) is 3.39. The van der Waals surface area contributed by atoms with E-state index in [-0.39, 0.29) is 12.3 Å². The van der Waals surface area contributed by atoms with Crippen LogP contribution in [0.3, 0.4) is 0 Å². The van der Waals surface area contributed by atoms with Crippen molar-refractivity contribution in [3.8, 4) is 0 Å². The zero-order valence-corrected chi connectivity index (χ0v) is 11.3. The van der Waals surface area contributed by atoms with Gasteiger partial charge in [0.15, 0.2) is 0 Å². The van der Waals surface area contributed by atoms with E-state index in [1.807, 2.05) is 48.5 Å². The first-order valence-electron chi connectivity index (χ1n) is 6.21. The Hall–Kier alpha value is -2.33. The summed E-state index contributed by atoms with van der Waals surface area (Å²) in [5.41, 5.74) is 4.45. The maximum absolute atomic E-state index is 12.0. The summed E-state index contributed by atoms with van der Waals surface area (Å²) < 4.78 is 0. The topological polar surface area (TPSA) is 44.7 Å². The second-order valence-electron chi connectivity index (χ2n) is 4.36. The van der Waals surface area contributed by atoms with Gasteiger partial charge in [-0.1, -0.05) is 41.9 Å². The van der Waals surface area contributed by atoms with Gasteiger partial charge in [0.2, 0.25) is 0 Å². The van der Waals surface area contributed by atoms with Crippen molar-refractivity contribution in [1.29, 1.82) is 0 Å². The Morgan fingerprint density at radius 3 is 2.50 bits per heavy atom. The molecule has 0 spiro atoms. The molecule has 0 aliphatic carbocycles. The SMILES string of the molecule is O=C1CC(=Nc2ccccc2Cl)NN1c1ccccc1. The number of amidine groups is 1. The molecule has 1 heterocycles. The standard InChI is InChI=1S/C15H12ClN3O/c16-12-8-4-5-9-13(12)17-14-10-15(20)19(18-14)11-6-2-1-3-7-11/h1-9H,10H2,(H,17,18). The van der Waals surface area contributed by atoms with Crippen LogP contribution in [0.5, 0.6) is 0 Å². The lowest BCUT2D eigenvalue weighted by Gasteiger charge is -2.15. The number of nitrogens with zero attached hydrogens (tertiary/aromatic N) is 2. The lowest BCUT2D eigenvalue weighted by molar-refractivity contribution is -0.116. The van der Waals surface area contributed by atoms with Crippen LogP contribution >= 0.6 is 11.6 Å². The molecule has 0 atom stereocenters. The zero-order valence-electron chi connectivity index (χ0n) is 10.6. The van der Waals surface area contributed by atoms with Crippen molar-refractivity contribution < 1.29 is 4.79 Å². The molecule has 100 valence electrons. The van der Waals surface area contributed by atoms with Crippen molar-refractivity contribution in [2.24, 2.45) is 4.99 Å². The van der Waals surface area contributed by atoms with Crippen molar-refractivity contribution in [3.05, 3.63) is 59.6 Å². The summed E-state index contributed by atoms with van der Waals surface area (Å²) in [7, 11) is 0. The van der Waals surface area contributed by atoms with Crippen LogP contribution in [-0.2, 0) is 4.79 Å². The second-order valence-corrected chi connectivity index (χ2v) is 4.77. The van der Waals surface area contributed by atoms with Gasteiger partial charge in [0.25, 0.3) is 5.91 Å². The molecule has 1 fully saturated rings. The minimum atomic E-state index is -0.0398. The van der Waals surface area contributed by atoms with E-state index in [1.165, 1.54) is 5.01 Å². The lowest BCUT2D eigenvalue weighted by Crippen LogP contribution is -2.35. The van der Waals surface area contributed by atoms with Gasteiger partial charge in [-0.25, -0.2) is 10.0 Å². The summed E-state index contributed by atoms with van der Waals surface area (Å²) in [5.74, 6) is 0.550. The summed E-state index contributed by atoms with van der Waals surface area (Å²) in [5, 5.41) is 2.06. The van der Waals surface area contributed by atoms with E-state index >= 15 is 0 Å². The molecule has 0 bridgehead atoms. The Balaban J connectivity index is 1.86. The molecule has 1 amide bonds. The Morgan fingerprint density at radius 2 is 1.75 bits per heavy atom. The number of anilines is 1. The largest absolute Gasteiger partial charge is 0.278 e. The smallest absolute Gasteiger partial charge is 0.253 e. The molecule has 3 rings (SSSR count). The van der Waals surface area contributed by atoms with Gasteiger partial charge in [0.05, 0.1) is 22.8 Å². The van der Waals surface area contributed by atoms with E-state index in [2.05, 4.69) is 10.4 Å². The molecule has 20 heavy (non-hydrogen) atoms. The van der Waals surface area contributed by atoms with Gasteiger partial charge >= 0.3 is 0 Å². The van der Waals surface area contributed by atoms with Crippen LogP contribution in [-0.4, -0.2) is 11.7 Å². The quantitative estimate of drug-likeness (QED) is 0.920. The van der Waals surface area contributed by atoms with Gasteiger partial charge < -0.3 is 0 Å². The number of carbonyl (C=O) groups excluding carboxylic acids is 1. The maximum Gasteiger partial charge on any atom is 0.253 e. The number of aliphatic imine (C=N–C) groups is 1. The monoisotopic (exact) mass is 285 g/mol. The van der Waals surface area contributed by atoms with Crippen molar-refractivity contribution in [1.82, 2.24) is 5.43 Å². The molecule has 1 saturated heterocycles. The summed E-state index contributed by atoms with van der Waals surface area (Å²) in [6.45, 7) is 0. The fraction of sp³-hybridized carbons (Fsp3) is 0.0667. The van der Waals surface area contributed by atoms with Crippen LogP contribution < -0.4 is 10.4 Å². The van der Waals surface area contributed by atoms with E-state index in [1.54, 1.807) is 6.07 Å². The molecule has 1 aliphatic heterocycles. The minimum Gasteiger partial charge on any atom is -0.278 e. The number of nitrogens with one attached hydrogen (secondary N) is 1. The molecular weight excluding hydrogens is 274 g/mol. The number of halogens is 1. The molecule has 0 unspecified atom stereocenters. The van der Waals surface area contributed by atoms with E-state index in [0.29, 0.717) is 16.5 Å². The third-order valence-electron chi connectivity index (χ3n) is 2.93. The Morgan fingerprint density at radius 1 is 1.05 bits per heavy atom. The molecule has 0 aromatic heterocycles. The number of hydrazine groups is 1. The number of hydrogen-bond acceptors (Lipinski definition) is 2. The third-order valence-corrected chi connectivity index (χ3v) is 3.25. The van der Waals surface area contributed by atoms with Gasteiger partial charge in [-0.3, -0.25) is 10.2 Å². The fourth-order valence-electron chi connectivity index (χ4n) is 1.99. The van der Waals surface area contributed by atoms with Crippen LogP contribution in [0.2, 0.25) is 5.02 Å². The summed E-state index contributed by atoms with van der Waals surface area (Å²) >= 11 is 6.06. The van der Waals surface area contributed by atoms with E-state index < -0.39 is 0 Å². The molecule has 1 aliphatic rings. The molecule has 1 N–H and O–H groups in total. The number of benzene rings is 2. The van der Waals surface area contributed by atoms with Crippen molar-refractivity contribution in [2.75, 3.05) is 5.01 Å². The van der Waals surface area contributed by atoms with Crippen LogP contribution in [0.4, 0.5) is 11.4 Å². The average molecular weight is 286 g/mol. The summed E-state index contributed by atoms with van der Waals surface area (Å²) in [4.78, 5) is 16.4. The Bertz CT molecular complexity index is 670. The third kappa shape index (κ3) is 2.51. The predicted molar refractivity (Wildman–Crippen MR) is 80.2 cm³/mol. The second kappa shape index (κ2) is 5.35. The van der Waals surface area contributed by atoms with Gasteiger partial charge in [0.1, 0.15) is 5.84 Å². The first-order chi connectivity index (χ1) is 9.74. The summed E-state index contributed by atoms with van der Waals surface area (Å²) in [6.07, 6.45) is 0.236. The molecule has 5 heteroatoms. The minimum absolute atomic E-state index is 0.0398. The maximum atomic E-state index is 12.0. The van der Waals surface area contributed by atoms with Gasteiger partial charge in [0, 0.05) is 0 Å². The lowest BCUT2D eigenvalue weighted by atomic mass is 10.3. The highest BCUT2D eigenvalue weighted by molar-refractivity contribution is 6.33. The molecular formula is C15H12ClN3O. The van der Waals surface area contributed by atoms with Crippen LogP contribution in [0.25, 0.3) is 0 Å². The van der Waals surface area contributed by atoms with Crippen molar-refractivity contribution in [2.45, 2.75) is 6.42 Å².